The van der Waals surface area contributed by atoms with Crippen molar-refractivity contribution in [2.75, 3.05) is 18.4 Å². The highest BCUT2D eigenvalue weighted by Crippen LogP contribution is 2.31. The largest absolute Gasteiger partial charge is 0.466 e. The van der Waals surface area contributed by atoms with Gasteiger partial charge < -0.3 is 19.2 Å². The van der Waals surface area contributed by atoms with Gasteiger partial charge in [-0.3, -0.25) is 9.59 Å². The van der Waals surface area contributed by atoms with Gasteiger partial charge in [0.05, 0.1) is 33.6 Å². The summed E-state index contributed by atoms with van der Waals surface area (Å²) in [4.78, 5) is 33.1. The van der Waals surface area contributed by atoms with Gasteiger partial charge in [-0.1, -0.05) is 17.3 Å². The monoisotopic (exact) mass is 458 g/mol. The van der Waals surface area contributed by atoms with Crippen molar-refractivity contribution in [3.05, 3.63) is 64.7 Å². The molecule has 0 atom stereocenters. The summed E-state index contributed by atoms with van der Waals surface area (Å²) in [6.45, 7) is 6.95. The first-order chi connectivity index (χ1) is 16.4. The van der Waals surface area contributed by atoms with Gasteiger partial charge in [0.2, 0.25) is 0 Å². The number of likely N-dealkylation sites (tertiary alicyclic amines) is 1. The summed E-state index contributed by atoms with van der Waals surface area (Å²) >= 11 is 0. The van der Waals surface area contributed by atoms with Crippen molar-refractivity contribution in [3.8, 4) is 11.3 Å². The Kier molecular flexibility index (Phi) is 5.65. The molecule has 4 heterocycles. The topological polar surface area (TPSA) is 101 Å². The summed E-state index contributed by atoms with van der Waals surface area (Å²) in [6, 6.07) is 10.7. The molecule has 1 fully saturated rings. The number of furan rings is 1. The van der Waals surface area contributed by atoms with Crippen LogP contribution in [0.3, 0.4) is 0 Å². The van der Waals surface area contributed by atoms with E-state index in [1.807, 2.05) is 30.9 Å². The molecule has 0 radical (unpaired) electrons. The van der Waals surface area contributed by atoms with Crippen LogP contribution in [0, 0.1) is 20.8 Å². The molecule has 0 aliphatic carbocycles. The number of pyridine rings is 1. The van der Waals surface area contributed by atoms with Crippen LogP contribution in [0.5, 0.6) is 0 Å². The van der Waals surface area contributed by atoms with Gasteiger partial charge in [0.1, 0.15) is 11.5 Å². The molecular weight excluding hydrogens is 432 g/mol. The number of carbonyl (C=O) groups excluding carboxylic acids is 2. The van der Waals surface area contributed by atoms with Crippen molar-refractivity contribution in [2.24, 2.45) is 0 Å². The molecule has 1 saturated heterocycles. The number of hydrogen-bond donors (Lipinski definition) is 1. The number of fused-ring (bicyclic) bond motifs is 1. The Balaban J connectivity index is 1.53. The van der Waals surface area contributed by atoms with Crippen LogP contribution in [0.2, 0.25) is 0 Å². The van der Waals surface area contributed by atoms with Gasteiger partial charge >= 0.3 is 0 Å². The Labute approximate surface area is 196 Å². The number of aromatic nitrogens is 2. The number of nitrogens with zero attached hydrogens (tertiary/aromatic N) is 3. The molecule has 1 aliphatic rings. The number of rotatable bonds is 4. The van der Waals surface area contributed by atoms with E-state index in [0.717, 1.165) is 43.7 Å². The lowest BCUT2D eigenvalue weighted by Crippen LogP contribution is -2.36. The maximum absolute atomic E-state index is 13.5. The number of piperidine rings is 1. The lowest BCUT2D eigenvalue weighted by atomic mass is 10.0. The zero-order valence-electron chi connectivity index (χ0n) is 19.5. The maximum Gasteiger partial charge on any atom is 0.259 e. The van der Waals surface area contributed by atoms with Gasteiger partial charge in [0, 0.05) is 18.7 Å². The first kappa shape index (κ1) is 21.9. The minimum Gasteiger partial charge on any atom is -0.466 e. The molecule has 8 nitrogen and oxygen atoms in total. The summed E-state index contributed by atoms with van der Waals surface area (Å²) in [7, 11) is 0. The number of nitrogens with one attached hydrogen (secondary N) is 1. The molecule has 0 bridgehead atoms. The SMILES string of the molecule is Cc1cc(-c2cc(C(=O)Nc3ccccc3C(=O)N3CCCCC3)c3c(C)noc3n2)c(C)o1. The second-order valence-electron chi connectivity index (χ2n) is 8.68. The van der Waals surface area contributed by atoms with Crippen LogP contribution in [0.4, 0.5) is 5.69 Å². The quantitative estimate of drug-likeness (QED) is 0.446. The van der Waals surface area contributed by atoms with E-state index in [2.05, 4.69) is 15.5 Å². The molecule has 1 N–H and O–H groups in total. The van der Waals surface area contributed by atoms with Gasteiger partial charge in [-0.15, -0.1) is 0 Å². The molecular formula is C26H26N4O4. The third-order valence-electron chi connectivity index (χ3n) is 6.23. The van der Waals surface area contributed by atoms with Gasteiger partial charge in [-0.25, -0.2) is 4.98 Å². The number of hydrogen-bond acceptors (Lipinski definition) is 6. The van der Waals surface area contributed by atoms with Crippen molar-refractivity contribution in [1.29, 1.82) is 0 Å². The van der Waals surface area contributed by atoms with E-state index in [0.29, 0.717) is 39.3 Å². The van der Waals surface area contributed by atoms with Crippen LogP contribution >= 0.6 is 0 Å². The highest BCUT2D eigenvalue weighted by Gasteiger charge is 2.24. The Bertz CT molecular complexity index is 1400. The van der Waals surface area contributed by atoms with E-state index in [-0.39, 0.29) is 17.5 Å². The van der Waals surface area contributed by atoms with Crippen LogP contribution in [-0.4, -0.2) is 39.9 Å². The van der Waals surface area contributed by atoms with Crippen LogP contribution < -0.4 is 5.32 Å². The zero-order chi connectivity index (χ0) is 23.8. The molecule has 5 rings (SSSR count). The van der Waals surface area contributed by atoms with Crippen LogP contribution in [-0.2, 0) is 0 Å². The average molecular weight is 459 g/mol. The Morgan fingerprint density at radius 2 is 1.76 bits per heavy atom. The molecule has 0 saturated carbocycles. The summed E-state index contributed by atoms with van der Waals surface area (Å²) in [5.74, 6) is 1.02. The predicted molar refractivity (Wildman–Crippen MR) is 128 cm³/mol. The lowest BCUT2D eigenvalue weighted by molar-refractivity contribution is 0.0725. The highest BCUT2D eigenvalue weighted by atomic mass is 16.5. The fraction of sp³-hybridized carbons (Fsp3) is 0.308. The van der Waals surface area contributed by atoms with Crippen LogP contribution in [0.15, 0.2) is 45.3 Å². The minimum atomic E-state index is -0.364. The normalized spacial score (nSPS) is 13.9. The zero-order valence-corrected chi connectivity index (χ0v) is 19.5. The Morgan fingerprint density at radius 3 is 2.50 bits per heavy atom. The van der Waals surface area contributed by atoms with Crippen molar-refractivity contribution in [1.82, 2.24) is 15.0 Å². The fourth-order valence-corrected chi connectivity index (χ4v) is 4.53. The van der Waals surface area contributed by atoms with Crippen LogP contribution in [0.25, 0.3) is 22.4 Å². The molecule has 4 aromatic rings. The van der Waals surface area contributed by atoms with Crippen LogP contribution in [0.1, 0.15) is 57.2 Å². The van der Waals surface area contributed by atoms with E-state index in [1.54, 1.807) is 31.2 Å². The minimum absolute atomic E-state index is 0.0678. The fourth-order valence-electron chi connectivity index (χ4n) is 4.53. The molecule has 34 heavy (non-hydrogen) atoms. The second kappa shape index (κ2) is 8.78. The van der Waals surface area contributed by atoms with E-state index in [9.17, 15) is 9.59 Å². The second-order valence-corrected chi connectivity index (χ2v) is 8.68. The van der Waals surface area contributed by atoms with Gasteiger partial charge in [0.25, 0.3) is 17.5 Å². The third kappa shape index (κ3) is 3.96. The summed E-state index contributed by atoms with van der Waals surface area (Å²) in [6.07, 6.45) is 3.13. The van der Waals surface area contributed by atoms with E-state index >= 15 is 0 Å². The first-order valence-corrected chi connectivity index (χ1v) is 11.5. The summed E-state index contributed by atoms with van der Waals surface area (Å²) in [5, 5.41) is 7.50. The Hall–Kier alpha value is -3.94. The van der Waals surface area contributed by atoms with E-state index in [1.165, 1.54) is 0 Å². The predicted octanol–water partition coefficient (Wildman–Crippen LogP) is 5.29. The molecule has 1 aliphatic heterocycles. The van der Waals surface area contributed by atoms with Crippen molar-refractivity contribution in [3.63, 3.8) is 0 Å². The molecule has 2 amide bonds. The molecule has 0 unspecified atom stereocenters. The molecule has 3 aromatic heterocycles. The molecule has 1 aromatic carbocycles. The smallest absolute Gasteiger partial charge is 0.259 e. The number of anilines is 1. The van der Waals surface area contributed by atoms with Gasteiger partial charge in [0.15, 0.2) is 0 Å². The summed E-state index contributed by atoms with van der Waals surface area (Å²) in [5.41, 5.74) is 3.50. The maximum atomic E-state index is 13.5. The third-order valence-corrected chi connectivity index (χ3v) is 6.23. The number of amides is 2. The van der Waals surface area contributed by atoms with Crippen molar-refractivity contribution >= 4 is 28.6 Å². The molecule has 8 heteroatoms. The van der Waals surface area contributed by atoms with E-state index < -0.39 is 0 Å². The highest BCUT2D eigenvalue weighted by molar-refractivity contribution is 6.15. The van der Waals surface area contributed by atoms with Crippen molar-refractivity contribution in [2.45, 2.75) is 40.0 Å². The number of benzene rings is 1. The lowest BCUT2D eigenvalue weighted by Gasteiger charge is -2.27. The standard InChI is InChI=1S/C26H26N4O4/c1-15-13-19(17(3)33-15)22-14-20(23-16(2)29-34-25(23)28-22)24(31)27-21-10-6-5-9-18(21)26(32)30-11-7-4-8-12-30/h5-6,9-10,13-14H,4,7-8,11-12H2,1-3H3,(H,27,31). The van der Waals surface area contributed by atoms with Crippen molar-refractivity contribution < 1.29 is 18.5 Å². The molecule has 174 valence electrons. The van der Waals surface area contributed by atoms with Gasteiger partial charge in [-0.2, -0.15) is 0 Å². The molecule has 0 spiro atoms. The number of carbonyl (C=O) groups is 2. The number of aryl methyl sites for hydroxylation is 3. The van der Waals surface area contributed by atoms with Gasteiger partial charge in [-0.05, 0) is 64.3 Å². The number of para-hydroxylation sites is 1. The Morgan fingerprint density at radius 1 is 1.00 bits per heavy atom. The average Bonchev–Trinajstić information content (AvgIpc) is 3.39. The first-order valence-electron chi connectivity index (χ1n) is 11.5. The summed E-state index contributed by atoms with van der Waals surface area (Å²) < 4.78 is 11.1. The van der Waals surface area contributed by atoms with E-state index in [4.69, 9.17) is 8.94 Å².